The number of nitrogens with zero attached hydrogens (tertiary/aromatic N) is 3. The quantitative estimate of drug-likeness (QED) is 0.501. The van der Waals surface area contributed by atoms with E-state index in [0.29, 0.717) is 14.8 Å². The van der Waals surface area contributed by atoms with Crippen LogP contribution in [0.5, 0.6) is 0 Å². The molecule has 4 rings (SSSR count). The highest BCUT2D eigenvalue weighted by molar-refractivity contribution is 14.1. The lowest BCUT2D eigenvalue weighted by molar-refractivity contribution is -0.0422. The first-order valence-corrected chi connectivity index (χ1v) is 9.04. The molecule has 9 heteroatoms. The van der Waals surface area contributed by atoms with E-state index in [9.17, 15) is 14.6 Å². The maximum absolute atomic E-state index is 13.8. The molecule has 3 heterocycles. The lowest BCUT2D eigenvalue weighted by atomic mass is 9.97. The molecule has 0 saturated carbocycles. The summed E-state index contributed by atoms with van der Waals surface area (Å²) in [6.07, 6.45) is 0.568. The number of hydrogen-bond acceptors (Lipinski definition) is 6. The van der Waals surface area contributed by atoms with Crippen LogP contribution in [0.15, 0.2) is 43.0 Å². The molecule has 0 bridgehead atoms. The first-order valence-electron chi connectivity index (χ1n) is 7.96. The molecule has 2 aromatic heterocycles. The number of aromatic nitrogens is 3. The van der Waals surface area contributed by atoms with Crippen LogP contribution in [0, 0.1) is 9.39 Å². The maximum Gasteiger partial charge on any atom is 0.164 e. The zero-order valence-electron chi connectivity index (χ0n) is 13.4. The van der Waals surface area contributed by atoms with Gasteiger partial charge >= 0.3 is 0 Å². The predicted octanol–water partition coefficient (Wildman–Crippen LogP) is 1.49. The molecule has 1 aromatic carbocycles. The van der Waals surface area contributed by atoms with Crippen LogP contribution in [0.4, 0.5) is 4.39 Å². The molecule has 0 aliphatic carbocycles. The van der Waals surface area contributed by atoms with Crippen LogP contribution in [-0.2, 0) is 4.74 Å². The topological polar surface area (TPSA) is 106 Å². The summed E-state index contributed by atoms with van der Waals surface area (Å²) < 4.78 is 21.8. The van der Waals surface area contributed by atoms with Crippen molar-refractivity contribution in [2.24, 2.45) is 5.73 Å². The third-order valence-electron chi connectivity index (χ3n) is 4.61. The van der Waals surface area contributed by atoms with Gasteiger partial charge in [-0.2, -0.15) is 0 Å². The second-order valence-corrected chi connectivity index (χ2v) is 7.36. The highest BCUT2D eigenvalue weighted by Crippen LogP contribution is 2.36. The van der Waals surface area contributed by atoms with Gasteiger partial charge in [0.05, 0.1) is 6.04 Å². The van der Waals surface area contributed by atoms with Crippen molar-refractivity contribution in [1.82, 2.24) is 14.5 Å². The van der Waals surface area contributed by atoms with E-state index < -0.39 is 36.4 Å². The van der Waals surface area contributed by atoms with Gasteiger partial charge in [0, 0.05) is 21.4 Å². The molecule has 0 amide bonds. The van der Waals surface area contributed by atoms with Crippen molar-refractivity contribution in [1.29, 1.82) is 0 Å². The van der Waals surface area contributed by atoms with Gasteiger partial charge in [-0.25, -0.2) is 14.4 Å². The molecular formula is C17H16FIN4O3. The molecule has 0 spiro atoms. The zero-order valence-corrected chi connectivity index (χ0v) is 15.6. The smallest absolute Gasteiger partial charge is 0.164 e. The first-order chi connectivity index (χ1) is 12.5. The zero-order chi connectivity index (χ0) is 18.4. The first kappa shape index (κ1) is 17.7. The van der Waals surface area contributed by atoms with Crippen molar-refractivity contribution >= 4 is 33.6 Å². The van der Waals surface area contributed by atoms with Crippen molar-refractivity contribution in [3.63, 3.8) is 0 Å². The molecule has 1 fully saturated rings. The van der Waals surface area contributed by atoms with Gasteiger partial charge < -0.3 is 25.3 Å². The number of benzene rings is 1. The number of fused-ring (bicyclic) bond motifs is 1. The fourth-order valence-electron chi connectivity index (χ4n) is 3.23. The van der Waals surface area contributed by atoms with Gasteiger partial charge in [0.25, 0.3) is 0 Å². The molecule has 3 aromatic rings. The maximum atomic E-state index is 13.8. The summed E-state index contributed by atoms with van der Waals surface area (Å²) in [6.45, 7) is 0. The Hall–Kier alpha value is -1.66. The highest BCUT2D eigenvalue weighted by Gasteiger charge is 2.46. The van der Waals surface area contributed by atoms with Crippen LogP contribution in [0.1, 0.15) is 17.8 Å². The van der Waals surface area contributed by atoms with E-state index in [1.165, 1.54) is 12.4 Å². The molecule has 1 aliphatic heterocycles. The summed E-state index contributed by atoms with van der Waals surface area (Å²) in [5, 5.41) is 21.7. The Labute approximate surface area is 161 Å². The molecule has 0 radical (unpaired) electrons. The van der Waals surface area contributed by atoms with Crippen molar-refractivity contribution in [3.8, 4) is 0 Å². The molecule has 7 nitrogen and oxygen atoms in total. The van der Waals surface area contributed by atoms with Gasteiger partial charge in [0.15, 0.2) is 6.23 Å². The number of hydrogen-bond donors (Lipinski definition) is 3. The van der Waals surface area contributed by atoms with Crippen LogP contribution in [0.25, 0.3) is 11.0 Å². The van der Waals surface area contributed by atoms with Crippen molar-refractivity contribution in [2.75, 3.05) is 0 Å². The SMILES string of the molecule is NC(c1ccc(I)c(F)c1)C1OC(n2ccc3cncnc32)C(O)C1O. The molecule has 136 valence electrons. The molecule has 4 N–H and O–H groups in total. The Morgan fingerprint density at radius 1 is 1.27 bits per heavy atom. The van der Waals surface area contributed by atoms with Gasteiger partial charge in [0.2, 0.25) is 0 Å². The molecule has 1 saturated heterocycles. The van der Waals surface area contributed by atoms with E-state index in [1.807, 2.05) is 22.6 Å². The second kappa shape index (κ2) is 6.82. The van der Waals surface area contributed by atoms with Gasteiger partial charge in [-0.05, 0) is 46.4 Å². The molecule has 5 atom stereocenters. The minimum Gasteiger partial charge on any atom is -0.387 e. The predicted molar refractivity (Wildman–Crippen MR) is 99.5 cm³/mol. The van der Waals surface area contributed by atoms with Crippen molar-refractivity contribution in [3.05, 3.63) is 57.9 Å². The van der Waals surface area contributed by atoms with Crippen LogP contribution >= 0.6 is 22.6 Å². The normalized spacial score (nSPS) is 27.1. The standard InChI is InChI=1S/C17H16FIN4O3/c18-10-5-8(1-2-11(10)19)12(20)15-13(24)14(25)17(26-15)23-4-3-9-6-21-7-22-16(9)23/h1-7,12-15,17,24-25H,20H2. The van der Waals surface area contributed by atoms with Gasteiger partial charge in [0.1, 0.15) is 36.1 Å². The molecular weight excluding hydrogens is 454 g/mol. The summed E-state index contributed by atoms with van der Waals surface area (Å²) in [4.78, 5) is 8.14. The summed E-state index contributed by atoms with van der Waals surface area (Å²) >= 11 is 1.89. The number of ether oxygens (including phenoxy) is 1. The van der Waals surface area contributed by atoms with Crippen LogP contribution in [0.3, 0.4) is 0 Å². The van der Waals surface area contributed by atoms with Gasteiger partial charge in [-0.15, -0.1) is 0 Å². The van der Waals surface area contributed by atoms with E-state index in [1.54, 1.807) is 35.2 Å². The Morgan fingerprint density at radius 3 is 2.85 bits per heavy atom. The monoisotopic (exact) mass is 470 g/mol. The summed E-state index contributed by atoms with van der Waals surface area (Å²) in [5.41, 5.74) is 7.26. The third kappa shape index (κ3) is 2.89. The number of nitrogens with two attached hydrogens (primary N) is 1. The average molecular weight is 470 g/mol. The highest BCUT2D eigenvalue weighted by atomic mass is 127. The fourth-order valence-corrected chi connectivity index (χ4v) is 3.56. The molecule has 1 aliphatic rings. The van der Waals surface area contributed by atoms with Crippen LogP contribution in [-0.4, -0.2) is 43.1 Å². The van der Waals surface area contributed by atoms with E-state index >= 15 is 0 Å². The lowest BCUT2D eigenvalue weighted by Crippen LogP contribution is -2.38. The minimum atomic E-state index is -1.23. The van der Waals surface area contributed by atoms with E-state index in [-0.39, 0.29) is 0 Å². The molecule has 5 unspecified atom stereocenters. The van der Waals surface area contributed by atoms with Crippen molar-refractivity contribution < 1.29 is 19.3 Å². The largest absolute Gasteiger partial charge is 0.387 e. The second-order valence-electron chi connectivity index (χ2n) is 6.20. The Morgan fingerprint density at radius 2 is 2.08 bits per heavy atom. The van der Waals surface area contributed by atoms with Crippen molar-refractivity contribution in [2.45, 2.75) is 30.6 Å². The van der Waals surface area contributed by atoms with Crippen LogP contribution < -0.4 is 5.73 Å². The number of halogens is 2. The Balaban J connectivity index is 1.64. The average Bonchev–Trinajstić information content (AvgIpc) is 3.19. The fraction of sp³-hybridized carbons (Fsp3) is 0.294. The summed E-state index contributed by atoms with van der Waals surface area (Å²) in [5.74, 6) is -0.392. The number of aliphatic hydroxyl groups is 2. The van der Waals surface area contributed by atoms with E-state index in [0.717, 1.165) is 5.39 Å². The van der Waals surface area contributed by atoms with Gasteiger partial charge in [-0.1, -0.05) is 6.07 Å². The minimum absolute atomic E-state index is 0.392. The van der Waals surface area contributed by atoms with Crippen LogP contribution in [0.2, 0.25) is 0 Å². The summed E-state index contributed by atoms with van der Waals surface area (Å²) in [7, 11) is 0. The number of rotatable bonds is 3. The Bertz CT molecular complexity index is 953. The molecule has 26 heavy (non-hydrogen) atoms. The Kier molecular flexibility index (Phi) is 4.65. The van der Waals surface area contributed by atoms with E-state index in [4.69, 9.17) is 10.5 Å². The summed E-state index contributed by atoms with van der Waals surface area (Å²) in [6, 6.07) is 5.60. The number of aliphatic hydroxyl groups excluding tert-OH is 2. The third-order valence-corrected chi connectivity index (χ3v) is 5.48. The van der Waals surface area contributed by atoms with E-state index in [2.05, 4.69) is 9.97 Å². The van der Waals surface area contributed by atoms with Gasteiger partial charge in [-0.3, -0.25) is 0 Å². The lowest BCUT2D eigenvalue weighted by Gasteiger charge is -2.22.